The fourth-order valence-corrected chi connectivity index (χ4v) is 6.92. The van der Waals surface area contributed by atoms with Gasteiger partial charge in [0, 0.05) is 11.9 Å². The van der Waals surface area contributed by atoms with Gasteiger partial charge in [0.15, 0.2) is 5.76 Å². The normalized spacial score (nSPS) is 17.6. The Kier molecular flexibility index (Phi) is 5.49. The van der Waals surface area contributed by atoms with Crippen molar-refractivity contribution in [1.29, 1.82) is 0 Å². The quantitative estimate of drug-likeness (QED) is 0.439. The number of rotatable bonds is 5. The first kappa shape index (κ1) is 21.1. The lowest BCUT2D eigenvalue weighted by Gasteiger charge is -2.32. The fraction of sp³-hybridized carbons (Fsp3) is 0.250. The number of nitrogens with zero attached hydrogens (tertiary/aromatic N) is 3. The van der Waals surface area contributed by atoms with Gasteiger partial charge in [0.25, 0.3) is 15.9 Å². The number of amides is 1. The molecule has 32 heavy (non-hydrogen) atoms. The number of thiophene rings is 1. The van der Waals surface area contributed by atoms with E-state index in [1.165, 1.54) is 16.4 Å². The molecule has 1 aliphatic rings. The van der Waals surface area contributed by atoms with Crippen LogP contribution in [0, 0.1) is 0 Å². The predicted molar refractivity (Wildman–Crippen MR) is 119 cm³/mol. The van der Waals surface area contributed by atoms with Gasteiger partial charge in [0.05, 0.1) is 4.34 Å². The minimum Gasteiger partial charge on any atom is -0.451 e. The highest BCUT2D eigenvalue weighted by Crippen LogP contribution is 2.32. The van der Waals surface area contributed by atoms with Crippen molar-refractivity contribution in [3.8, 4) is 11.7 Å². The summed E-state index contributed by atoms with van der Waals surface area (Å²) in [5.74, 6) is -0.0516. The van der Waals surface area contributed by atoms with Gasteiger partial charge in [-0.25, -0.2) is 8.42 Å². The molecule has 1 fully saturated rings. The average molecular weight is 493 g/mol. The van der Waals surface area contributed by atoms with Crippen molar-refractivity contribution in [2.75, 3.05) is 11.9 Å². The first-order valence-corrected chi connectivity index (χ1v) is 12.5. The number of aromatic nitrogens is 2. The Bertz CT molecular complexity index is 1360. The minimum absolute atomic E-state index is 0.104. The molecule has 9 nitrogen and oxygen atoms in total. The lowest BCUT2D eigenvalue weighted by molar-refractivity contribution is -0.120. The maximum Gasteiger partial charge on any atom is 0.322 e. The summed E-state index contributed by atoms with van der Waals surface area (Å²) in [7, 11) is -3.86. The number of anilines is 1. The molecule has 0 radical (unpaired) electrons. The number of piperidine rings is 1. The van der Waals surface area contributed by atoms with Crippen LogP contribution in [0.25, 0.3) is 22.6 Å². The van der Waals surface area contributed by atoms with E-state index < -0.39 is 22.0 Å². The number of hydrogen-bond acceptors (Lipinski definition) is 8. The van der Waals surface area contributed by atoms with E-state index in [9.17, 15) is 13.2 Å². The molecule has 4 aromatic rings. The van der Waals surface area contributed by atoms with Crippen LogP contribution in [0.1, 0.15) is 19.3 Å². The number of sulfonamides is 1. The highest BCUT2D eigenvalue weighted by atomic mass is 35.5. The highest BCUT2D eigenvalue weighted by Gasteiger charge is 2.38. The average Bonchev–Trinajstić information content (AvgIpc) is 3.53. The van der Waals surface area contributed by atoms with Crippen molar-refractivity contribution in [1.82, 2.24) is 14.5 Å². The molecule has 0 bridgehead atoms. The van der Waals surface area contributed by atoms with Gasteiger partial charge in [0.2, 0.25) is 5.91 Å². The number of nitrogens with one attached hydrogen (secondary N) is 1. The summed E-state index contributed by atoms with van der Waals surface area (Å²) in [4.78, 5) is 13.0. The lowest BCUT2D eigenvalue weighted by Crippen LogP contribution is -2.49. The Labute approximate surface area is 192 Å². The Morgan fingerprint density at radius 1 is 1.16 bits per heavy atom. The molecule has 0 spiro atoms. The molecule has 1 unspecified atom stereocenters. The summed E-state index contributed by atoms with van der Waals surface area (Å²) in [6.07, 6.45) is 1.77. The van der Waals surface area contributed by atoms with Gasteiger partial charge in [-0.3, -0.25) is 10.1 Å². The van der Waals surface area contributed by atoms with Crippen LogP contribution in [0.15, 0.2) is 55.5 Å². The first-order chi connectivity index (χ1) is 15.4. The van der Waals surface area contributed by atoms with Gasteiger partial charge in [-0.05, 0) is 37.1 Å². The molecule has 1 aromatic carbocycles. The number of halogens is 1. The number of para-hydroxylation sites is 1. The van der Waals surface area contributed by atoms with Crippen LogP contribution < -0.4 is 5.32 Å². The summed E-state index contributed by atoms with van der Waals surface area (Å²) in [5, 5.41) is 11.2. The molecule has 3 aromatic heterocycles. The third-order valence-electron chi connectivity index (χ3n) is 5.16. The van der Waals surface area contributed by atoms with Crippen molar-refractivity contribution in [3.63, 3.8) is 0 Å². The topological polar surface area (TPSA) is 119 Å². The largest absolute Gasteiger partial charge is 0.451 e. The molecular formula is C20H17ClN4O5S2. The van der Waals surface area contributed by atoms with Crippen molar-refractivity contribution >= 4 is 55.9 Å². The SMILES string of the molecule is O=C(Nc1nnc(-c2cc3ccccc3o2)o1)C1CCCCN1S(=O)(=O)c1ccc(Cl)s1. The lowest BCUT2D eigenvalue weighted by atomic mass is 10.0. The number of carbonyl (C=O) groups excluding carboxylic acids is 1. The molecule has 166 valence electrons. The smallest absolute Gasteiger partial charge is 0.322 e. The molecule has 1 amide bonds. The predicted octanol–water partition coefficient (Wildman–Crippen LogP) is 4.38. The standard InChI is InChI=1S/C20H17ClN4O5S2/c21-16-8-9-17(31-16)32(27,28)25-10-4-3-6-13(25)18(26)22-20-24-23-19(30-20)15-11-12-5-1-2-7-14(12)29-15/h1-2,5,7-9,11,13H,3-4,6,10H2,(H,22,24,26). The summed E-state index contributed by atoms with van der Waals surface area (Å²) in [6, 6.07) is 11.1. The van der Waals surface area contributed by atoms with Gasteiger partial charge < -0.3 is 8.83 Å². The minimum atomic E-state index is -3.86. The molecule has 0 saturated carbocycles. The Morgan fingerprint density at radius 3 is 2.78 bits per heavy atom. The van der Waals surface area contributed by atoms with E-state index in [0.717, 1.165) is 23.1 Å². The summed E-state index contributed by atoms with van der Waals surface area (Å²) in [5.41, 5.74) is 0.669. The third kappa shape index (κ3) is 3.92. The number of hydrogen-bond donors (Lipinski definition) is 1. The van der Waals surface area contributed by atoms with E-state index >= 15 is 0 Å². The maximum absolute atomic E-state index is 13.1. The van der Waals surface area contributed by atoms with E-state index in [2.05, 4.69) is 15.5 Å². The van der Waals surface area contributed by atoms with Crippen LogP contribution >= 0.6 is 22.9 Å². The highest BCUT2D eigenvalue weighted by molar-refractivity contribution is 7.91. The molecule has 12 heteroatoms. The fourth-order valence-electron chi connectivity index (χ4n) is 3.66. The van der Waals surface area contributed by atoms with E-state index in [1.54, 1.807) is 6.07 Å². The van der Waals surface area contributed by atoms with Gasteiger partial charge in [-0.2, -0.15) is 4.31 Å². The zero-order valence-electron chi connectivity index (χ0n) is 16.5. The molecule has 4 heterocycles. The summed E-state index contributed by atoms with van der Waals surface area (Å²) in [6.45, 7) is 0.240. The third-order valence-corrected chi connectivity index (χ3v) is 8.77. The zero-order valence-corrected chi connectivity index (χ0v) is 18.9. The summed E-state index contributed by atoms with van der Waals surface area (Å²) >= 11 is 6.87. The molecule has 1 atom stereocenters. The Morgan fingerprint density at radius 2 is 2.00 bits per heavy atom. The first-order valence-electron chi connectivity index (χ1n) is 9.82. The number of furan rings is 1. The van der Waals surface area contributed by atoms with E-state index in [4.69, 9.17) is 20.4 Å². The molecule has 1 saturated heterocycles. The number of carbonyl (C=O) groups is 1. The molecule has 1 N–H and O–H groups in total. The zero-order chi connectivity index (χ0) is 22.3. The maximum atomic E-state index is 13.1. The molecule has 5 rings (SSSR count). The van der Waals surface area contributed by atoms with E-state index in [1.807, 2.05) is 24.3 Å². The van der Waals surface area contributed by atoms with Crippen molar-refractivity contribution in [3.05, 3.63) is 46.8 Å². The van der Waals surface area contributed by atoms with Crippen molar-refractivity contribution < 1.29 is 22.0 Å². The molecule has 0 aliphatic carbocycles. The van der Waals surface area contributed by atoms with Gasteiger partial charge >= 0.3 is 6.01 Å². The van der Waals surface area contributed by atoms with Crippen LogP contribution in [0.5, 0.6) is 0 Å². The van der Waals surface area contributed by atoms with Crippen molar-refractivity contribution in [2.24, 2.45) is 0 Å². The van der Waals surface area contributed by atoms with Crippen LogP contribution in [0.4, 0.5) is 6.01 Å². The number of fused-ring (bicyclic) bond motifs is 1. The molecular weight excluding hydrogens is 476 g/mol. The second-order valence-electron chi connectivity index (χ2n) is 7.24. The summed E-state index contributed by atoms with van der Waals surface area (Å²) < 4.78 is 39.1. The van der Waals surface area contributed by atoms with Crippen LogP contribution in [-0.4, -0.2) is 41.4 Å². The molecule has 1 aliphatic heterocycles. The number of benzene rings is 1. The van der Waals surface area contributed by atoms with Gasteiger partial charge in [-0.1, -0.05) is 41.3 Å². The van der Waals surface area contributed by atoms with E-state index in [-0.39, 0.29) is 22.7 Å². The van der Waals surface area contributed by atoms with Crippen LogP contribution in [-0.2, 0) is 14.8 Å². The monoisotopic (exact) mass is 492 g/mol. The van der Waals surface area contributed by atoms with Crippen molar-refractivity contribution in [2.45, 2.75) is 29.5 Å². The Balaban J connectivity index is 1.35. The Hall–Kier alpha value is -2.73. The van der Waals surface area contributed by atoms with Gasteiger partial charge in [-0.15, -0.1) is 16.4 Å². The van der Waals surface area contributed by atoms with E-state index in [0.29, 0.717) is 28.5 Å². The second kappa shape index (κ2) is 8.32. The van der Waals surface area contributed by atoms with Gasteiger partial charge in [0.1, 0.15) is 15.8 Å². The van der Waals surface area contributed by atoms with Crippen LogP contribution in [0.2, 0.25) is 4.34 Å². The second-order valence-corrected chi connectivity index (χ2v) is 11.1. The van der Waals surface area contributed by atoms with Crippen LogP contribution in [0.3, 0.4) is 0 Å².